The number of carbonyl (C=O) groups is 2. The molecule has 0 bridgehead atoms. The number of pyridine rings is 2. The molecule has 0 saturated carbocycles. The van der Waals surface area contributed by atoms with Gasteiger partial charge in [-0.25, -0.2) is 14.6 Å². The van der Waals surface area contributed by atoms with E-state index in [2.05, 4.69) is 0 Å². The van der Waals surface area contributed by atoms with Gasteiger partial charge < -0.3 is 29.2 Å². The molecule has 4 heterocycles. The van der Waals surface area contributed by atoms with Crippen molar-refractivity contribution in [1.29, 1.82) is 0 Å². The number of aromatic nitrogens is 2. The van der Waals surface area contributed by atoms with Crippen molar-refractivity contribution >= 4 is 34.8 Å². The van der Waals surface area contributed by atoms with Crippen LogP contribution in [0.1, 0.15) is 69.7 Å². The van der Waals surface area contributed by atoms with Crippen molar-refractivity contribution in [3.63, 3.8) is 0 Å². The Kier molecular flexibility index (Phi) is 8.12. The highest BCUT2D eigenvalue weighted by Gasteiger charge is 2.49. The van der Waals surface area contributed by atoms with E-state index in [1.54, 1.807) is 55.3 Å². The van der Waals surface area contributed by atoms with Crippen LogP contribution >= 0.6 is 11.8 Å². The summed E-state index contributed by atoms with van der Waals surface area (Å²) in [5.74, 6) is 0.567. The first kappa shape index (κ1) is 30.1. The first-order valence-corrected chi connectivity index (χ1v) is 15.5. The zero-order valence-corrected chi connectivity index (χ0v) is 25.7. The van der Waals surface area contributed by atoms with Crippen molar-refractivity contribution in [2.45, 2.75) is 84.5 Å². The monoisotopic (exact) mass is 595 g/mol. The molecular formula is C31H37N3O7S. The van der Waals surface area contributed by atoms with E-state index in [1.807, 2.05) is 26.2 Å². The van der Waals surface area contributed by atoms with Gasteiger partial charge in [0.1, 0.15) is 24.2 Å². The van der Waals surface area contributed by atoms with E-state index < -0.39 is 29.6 Å². The lowest BCUT2D eigenvalue weighted by atomic mass is 9.85. The molecule has 0 amide bonds. The second kappa shape index (κ2) is 11.3. The third-order valence-corrected chi connectivity index (χ3v) is 8.29. The molecule has 2 N–H and O–H groups in total. The van der Waals surface area contributed by atoms with E-state index in [0.717, 1.165) is 22.3 Å². The van der Waals surface area contributed by atoms with Crippen LogP contribution in [0, 0.1) is 0 Å². The molecule has 5 rings (SSSR count). The summed E-state index contributed by atoms with van der Waals surface area (Å²) >= 11 is 1.64. The number of rotatable bonds is 8. The van der Waals surface area contributed by atoms with Crippen molar-refractivity contribution in [1.82, 2.24) is 9.55 Å². The van der Waals surface area contributed by atoms with E-state index in [4.69, 9.17) is 29.7 Å². The van der Waals surface area contributed by atoms with Crippen LogP contribution in [0.3, 0.4) is 0 Å². The molecule has 1 aromatic carbocycles. The van der Waals surface area contributed by atoms with Crippen LogP contribution in [0.2, 0.25) is 0 Å². The van der Waals surface area contributed by atoms with Gasteiger partial charge in [0.2, 0.25) is 0 Å². The average molecular weight is 596 g/mol. The summed E-state index contributed by atoms with van der Waals surface area (Å²) in [6, 6.07) is 7.09. The molecule has 0 radical (unpaired) electrons. The van der Waals surface area contributed by atoms with Gasteiger partial charge in [-0.3, -0.25) is 4.79 Å². The fourth-order valence-corrected chi connectivity index (χ4v) is 6.18. The molecule has 11 heteroatoms. The Morgan fingerprint density at radius 2 is 1.98 bits per heavy atom. The second-order valence-corrected chi connectivity index (χ2v) is 12.5. The molecule has 0 spiro atoms. The molecule has 0 fully saturated rings. The number of aryl methyl sites for hydroxylation is 1. The van der Waals surface area contributed by atoms with Crippen LogP contribution in [0.15, 0.2) is 29.1 Å². The summed E-state index contributed by atoms with van der Waals surface area (Å²) in [6.45, 7) is 9.37. The van der Waals surface area contributed by atoms with E-state index in [1.165, 1.54) is 0 Å². The van der Waals surface area contributed by atoms with Gasteiger partial charge in [-0.15, -0.1) is 0 Å². The minimum Gasteiger partial charge on any atom is -0.458 e. The summed E-state index contributed by atoms with van der Waals surface area (Å²) in [7, 11) is 0. The molecule has 2 aromatic heterocycles. The number of esters is 1. The number of ether oxygens (including phenoxy) is 4. The smallest absolute Gasteiger partial charge is 0.458 e. The SMILES string of the molecule is CCc1c2c(nc3ccc(OC(=O)OC(C)(C)C)cc13)-c1cc3c(c(=O)n1C2)COC(=O)[C@@]3(CC)OC(N)CCSC. The number of nitrogens with two attached hydrogens (primary N) is 1. The molecule has 42 heavy (non-hydrogen) atoms. The normalized spacial score (nSPS) is 18.2. The first-order chi connectivity index (χ1) is 19.9. The number of fused-ring (bicyclic) bond motifs is 5. The third-order valence-electron chi connectivity index (χ3n) is 7.65. The van der Waals surface area contributed by atoms with Gasteiger partial charge in [0.05, 0.1) is 29.0 Å². The van der Waals surface area contributed by atoms with Crippen LogP contribution < -0.4 is 16.0 Å². The molecule has 2 aliphatic heterocycles. The van der Waals surface area contributed by atoms with Crippen molar-refractivity contribution in [3.8, 4) is 17.1 Å². The minimum atomic E-state index is -1.48. The van der Waals surface area contributed by atoms with E-state index in [-0.39, 0.29) is 18.6 Å². The Bertz CT molecular complexity index is 1630. The van der Waals surface area contributed by atoms with Crippen LogP contribution in [-0.2, 0) is 44.2 Å². The number of nitrogens with zero attached hydrogens (tertiary/aromatic N) is 2. The molecular weight excluding hydrogens is 558 g/mol. The van der Waals surface area contributed by atoms with Crippen LogP contribution in [-0.4, -0.2) is 45.5 Å². The van der Waals surface area contributed by atoms with Crippen LogP contribution in [0.25, 0.3) is 22.3 Å². The fraction of sp³-hybridized carbons (Fsp3) is 0.484. The Morgan fingerprint density at radius 3 is 2.64 bits per heavy atom. The van der Waals surface area contributed by atoms with Gasteiger partial charge >= 0.3 is 12.1 Å². The lowest BCUT2D eigenvalue weighted by Crippen LogP contribution is -2.49. The van der Waals surface area contributed by atoms with Gasteiger partial charge in [-0.1, -0.05) is 13.8 Å². The Morgan fingerprint density at radius 1 is 1.21 bits per heavy atom. The molecule has 1 unspecified atom stereocenters. The maximum Gasteiger partial charge on any atom is 0.514 e. The predicted octanol–water partition coefficient (Wildman–Crippen LogP) is 5.02. The highest BCUT2D eigenvalue weighted by atomic mass is 32.2. The molecule has 224 valence electrons. The van der Waals surface area contributed by atoms with E-state index in [9.17, 15) is 14.4 Å². The van der Waals surface area contributed by atoms with Gasteiger partial charge in [0, 0.05) is 16.5 Å². The maximum absolute atomic E-state index is 13.9. The topological polar surface area (TPSA) is 132 Å². The predicted molar refractivity (Wildman–Crippen MR) is 161 cm³/mol. The van der Waals surface area contributed by atoms with Crippen molar-refractivity contribution in [2.75, 3.05) is 12.0 Å². The lowest BCUT2D eigenvalue weighted by Gasteiger charge is -2.38. The van der Waals surface area contributed by atoms with Crippen LogP contribution in [0.4, 0.5) is 4.79 Å². The number of carbonyl (C=O) groups excluding carboxylic acids is 2. The summed E-state index contributed by atoms with van der Waals surface area (Å²) in [5.41, 5.74) is 8.65. The van der Waals surface area contributed by atoms with Gasteiger partial charge in [-0.2, -0.15) is 11.8 Å². The van der Waals surface area contributed by atoms with Crippen molar-refractivity contribution in [2.24, 2.45) is 5.73 Å². The number of cyclic esters (lactones) is 1. The average Bonchev–Trinajstić information content (AvgIpc) is 3.29. The van der Waals surface area contributed by atoms with Gasteiger partial charge in [-0.05, 0) is 81.9 Å². The molecule has 0 aliphatic carbocycles. The number of hydrogen-bond donors (Lipinski definition) is 1. The quantitative estimate of drug-likeness (QED) is 0.168. The second-order valence-electron chi connectivity index (χ2n) is 11.5. The van der Waals surface area contributed by atoms with Crippen LogP contribution in [0.5, 0.6) is 5.75 Å². The number of thioether (sulfide) groups is 1. The maximum atomic E-state index is 13.9. The zero-order valence-electron chi connectivity index (χ0n) is 24.9. The zero-order chi connectivity index (χ0) is 30.4. The lowest BCUT2D eigenvalue weighted by molar-refractivity contribution is -0.189. The number of benzene rings is 1. The van der Waals surface area contributed by atoms with Crippen molar-refractivity contribution < 1.29 is 28.5 Å². The van der Waals surface area contributed by atoms with Crippen molar-refractivity contribution in [3.05, 3.63) is 56.9 Å². The highest BCUT2D eigenvalue weighted by molar-refractivity contribution is 7.98. The summed E-state index contributed by atoms with van der Waals surface area (Å²) in [5, 5.41) is 0.826. The third kappa shape index (κ3) is 5.29. The fourth-order valence-electron chi connectivity index (χ4n) is 5.71. The van der Waals surface area contributed by atoms with Gasteiger partial charge in [0.15, 0.2) is 5.60 Å². The first-order valence-electron chi connectivity index (χ1n) is 14.2. The molecule has 0 saturated heterocycles. The standard InChI is InChI=1S/C31H37N3O7S/c1-7-18-19-13-17(39-29(37)41-30(3,4)5)9-10-23(19)33-26-20(18)15-34-24(26)14-22-21(27(34)35)16-38-28(36)31(22,8-2)40-25(32)11-12-42-6/h9-10,13-14,25H,7-8,11-12,15-16,32H2,1-6H3/t25?,31-/m0/s1. The largest absolute Gasteiger partial charge is 0.514 e. The Balaban J connectivity index is 1.61. The molecule has 10 nitrogen and oxygen atoms in total. The minimum absolute atomic E-state index is 0.129. The Hall–Kier alpha value is -3.41. The van der Waals surface area contributed by atoms with E-state index in [0.29, 0.717) is 53.2 Å². The Labute approximate surface area is 248 Å². The summed E-state index contributed by atoms with van der Waals surface area (Å²) in [6.07, 6.45) is 1.95. The summed E-state index contributed by atoms with van der Waals surface area (Å²) in [4.78, 5) is 44.4. The van der Waals surface area contributed by atoms with Gasteiger partial charge in [0.25, 0.3) is 5.56 Å². The molecule has 2 atom stereocenters. The number of hydrogen-bond acceptors (Lipinski definition) is 10. The highest BCUT2D eigenvalue weighted by Crippen LogP contribution is 2.42. The molecule has 3 aromatic rings. The molecule has 2 aliphatic rings. The van der Waals surface area contributed by atoms with E-state index >= 15 is 0 Å². The summed E-state index contributed by atoms with van der Waals surface area (Å²) < 4.78 is 24.2.